The van der Waals surface area contributed by atoms with Gasteiger partial charge in [0.15, 0.2) is 5.82 Å². The minimum absolute atomic E-state index is 0.121. The third-order valence-electron chi connectivity index (χ3n) is 3.78. The van der Waals surface area contributed by atoms with E-state index < -0.39 is 41.4 Å². The van der Waals surface area contributed by atoms with Crippen LogP contribution in [0.5, 0.6) is 5.75 Å². The zero-order chi connectivity index (χ0) is 22.8. The van der Waals surface area contributed by atoms with Crippen molar-refractivity contribution in [3.05, 3.63) is 59.9 Å². The number of aromatic nitrogens is 5. The van der Waals surface area contributed by atoms with Gasteiger partial charge in [0.1, 0.15) is 12.1 Å². The lowest BCUT2D eigenvalue weighted by Crippen LogP contribution is -2.29. The summed E-state index contributed by atoms with van der Waals surface area (Å²) in [4.78, 5) is 24.4. The summed E-state index contributed by atoms with van der Waals surface area (Å²) in [6, 6.07) is 1.75. The lowest BCUT2D eigenvalue weighted by atomic mass is 10.1. The number of hydrogen-bond donors (Lipinski definition) is 1. The molecule has 0 aliphatic heterocycles. The van der Waals surface area contributed by atoms with Gasteiger partial charge in [-0.1, -0.05) is 0 Å². The topological polar surface area (TPSA) is 94.8 Å². The monoisotopic (exact) mass is 446 g/mol. The van der Waals surface area contributed by atoms with Gasteiger partial charge in [-0.15, -0.1) is 13.2 Å². The molecule has 1 unspecified atom stereocenters. The molecule has 14 heteroatoms. The molecule has 3 aromatic rings. The van der Waals surface area contributed by atoms with E-state index in [0.29, 0.717) is 12.1 Å². The predicted molar refractivity (Wildman–Crippen MR) is 91.0 cm³/mol. The number of ether oxygens (including phenoxy) is 1. The van der Waals surface area contributed by atoms with Crippen molar-refractivity contribution in [1.29, 1.82) is 0 Å². The molecular weight excluding hydrogens is 434 g/mol. The molecule has 0 aliphatic carbocycles. The maximum Gasteiger partial charge on any atom is 0.573 e. The molecule has 0 radical (unpaired) electrons. The van der Waals surface area contributed by atoms with Crippen LogP contribution in [0.3, 0.4) is 0 Å². The van der Waals surface area contributed by atoms with E-state index in [1.807, 2.05) is 0 Å². The summed E-state index contributed by atoms with van der Waals surface area (Å²) in [6.45, 7) is 1.45. The quantitative estimate of drug-likeness (QED) is 0.604. The lowest BCUT2D eigenvalue weighted by molar-refractivity contribution is -0.274. The van der Waals surface area contributed by atoms with Gasteiger partial charge >= 0.3 is 12.5 Å². The fourth-order valence-electron chi connectivity index (χ4n) is 2.53. The van der Waals surface area contributed by atoms with E-state index in [0.717, 1.165) is 6.33 Å². The van der Waals surface area contributed by atoms with Gasteiger partial charge in [-0.3, -0.25) is 4.79 Å². The molecule has 1 N–H and O–H groups in total. The number of nitrogens with zero attached hydrogens (tertiary/aromatic N) is 5. The van der Waals surface area contributed by atoms with Crippen molar-refractivity contribution in [2.24, 2.45) is 0 Å². The molecule has 2 aromatic heterocycles. The molecule has 0 spiro atoms. The molecule has 0 saturated carbocycles. The Kier molecular flexibility index (Phi) is 5.81. The maximum atomic E-state index is 13.1. The minimum Gasteiger partial charge on any atom is -0.406 e. The summed E-state index contributed by atoms with van der Waals surface area (Å²) in [7, 11) is 0. The van der Waals surface area contributed by atoms with Crippen molar-refractivity contribution in [3.63, 3.8) is 0 Å². The summed E-state index contributed by atoms with van der Waals surface area (Å²) < 4.78 is 81.4. The second kappa shape index (κ2) is 8.20. The third kappa shape index (κ3) is 5.46. The number of alkyl halides is 6. The molecule has 0 fully saturated rings. The smallest absolute Gasteiger partial charge is 0.406 e. The van der Waals surface area contributed by atoms with Gasteiger partial charge in [0.25, 0.3) is 11.9 Å². The Labute approximate surface area is 169 Å². The van der Waals surface area contributed by atoms with E-state index in [1.165, 1.54) is 24.0 Å². The molecule has 31 heavy (non-hydrogen) atoms. The van der Waals surface area contributed by atoms with Gasteiger partial charge in [0.2, 0.25) is 0 Å². The number of carbonyl (C=O) groups is 1. The van der Waals surface area contributed by atoms with Crippen LogP contribution in [-0.2, 0) is 6.18 Å². The van der Waals surface area contributed by atoms with Gasteiger partial charge in [-0.25, -0.2) is 15.0 Å². The van der Waals surface area contributed by atoms with Crippen molar-refractivity contribution in [3.8, 4) is 11.7 Å². The van der Waals surface area contributed by atoms with E-state index in [-0.39, 0.29) is 17.8 Å². The van der Waals surface area contributed by atoms with E-state index in [4.69, 9.17) is 0 Å². The first-order valence-corrected chi connectivity index (χ1v) is 8.40. The van der Waals surface area contributed by atoms with Crippen LogP contribution in [0.2, 0.25) is 0 Å². The van der Waals surface area contributed by atoms with Crippen LogP contribution < -0.4 is 10.1 Å². The number of halogens is 6. The lowest BCUT2D eigenvalue weighted by Gasteiger charge is -2.16. The number of benzene rings is 1. The Hall–Kier alpha value is -3.71. The van der Waals surface area contributed by atoms with Crippen LogP contribution in [0.4, 0.5) is 26.3 Å². The fourth-order valence-corrected chi connectivity index (χ4v) is 2.53. The summed E-state index contributed by atoms with van der Waals surface area (Å²) in [5, 5.41) is 6.28. The van der Waals surface area contributed by atoms with Crippen LogP contribution in [-0.4, -0.2) is 37.0 Å². The first-order chi connectivity index (χ1) is 14.4. The zero-order valence-corrected chi connectivity index (χ0v) is 15.4. The standard InChI is InChI=1S/C17H12F6N6O2/c1-9(13-26-8-27-29(13)15-24-3-2-4-25-15)28-14(30)10-5-11(16(18,19)20)7-12(6-10)31-17(21,22)23/h2-9H,1H3,(H,28,30). The molecule has 3 rings (SSSR count). The molecule has 0 saturated heterocycles. The van der Waals surface area contributed by atoms with E-state index in [1.54, 1.807) is 6.07 Å². The molecule has 0 aliphatic rings. The van der Waals surface area contributed by atoms with E-state index in [2.05, 4.69) is 30.1 Å². The Morgan fingerprint density at radius 1 is 1.06 bits per heavy atom. The first kappa shape index (κ1) is 22.0. The van der Waals surface area contributed by atoms with Gasteiger partial charge in [0, 0.05) is 18.0 Å². The second-order valence-electron chi connectivity index (χ2n) is 6.07. The average Bonchev–Trinajstić information content (AvgIpc) is 3.16. The van der Waals surface area contributed by atoms with Crippen molar-refractivity contribution in [1.82, 2.24) is 30.0 Å². The summed E-state index contributed by atoms with van der Waals surface area (Å²) >= 11 is 0. The van der Waals surface area contributed by atoms with E-state index >= 15 is 0 Å². The van der Waals surface area contributed by atoms with Crippen molar-refractivity contribution in [2.75, 3.05) is 0 Å². The highest BCUT2D eigenvalue weighted by atomic mass is 19.4. The van der Waals surface area contributed by atoms with Gasteiger partial charge in [-0.2, -0.15) is 23.0 Å². The predicted octanol–water partition coefficient (Wildman–Crippen LogP) is 3.47. The number of carbonyl (C=O) groups excluding carboxylic acids is 1. The van der Waals surface area contributed by atoms with Gasteiger partial charge in [-0.05, 0) is 31.2 Å². The Bertz CT molecular complexity index is 1070. The van der Waals surface area contributed by atoms with Crippen LogP contribution >= 0.6 is 0 Å². The molecule has 1 atom stereocenters. The largest absolute Gasteiger partial charge is 0.573 e. The highest BCUT2D eigenvalue weighted by molar-refractivity contribution is 5.95. The van der Waals surface area contributed by atoms with Crippen LogP contribution in [0.15, 0.2) is 43.0 Å². The number of amides is 1. The van der Waals surface area contributed by atoms with Gasteiger partial charge in [0.05, 0.1) is 11.6 Å². The fraction of sp³-hybridized carbons (Fsp3) is 0.235. The molecule has 0 bridgehead atoms. The maximum absolute atomic E-state index is 13.1. The normalized spacial score (nSPS) is 13.0. The molecule has 2 heterocycles. The Balaban J connectivity index is 1.88. The SMILES string of the molecule is CC(NC(=O)c1cc(OC(F)(F)F)cc(C(F)(F)F)c1)c1ncnn1-c1ncccn1. The summed E-state index contributed by atoms with van der Waals surface area (Å²) in [5.41, 5.74) is -2.17. The van der Waals surface area contributed by atoms with Crippen LogP contribution in [0.25, 0.3) is 5.95 Å². The highest BCUT2D eigenvalue weighted by Gasteiger charge is 2.35. The zero-order valence-electron chi connectivity index (χ0n) is 15.4. The molecule has 164 valence electrons. The van der Waals surface area contributed by atoms with Crippen LogP contribution in [0, 0.1) is 0 Å². The van der Waals surface area contributed by atoms with Gasteiger partial charge < -0.3 is 10.1 Å². The van der Waals surface area contributed by atoms with E-state index in [9.17, 15) is 31.1 Å². The molecule has 8 nitrogen and oxygen atoms in total. The van der Waals surface area contributed by atoms with Crippen LogP contribution in [0.1, 0.15) is 34.7 Å². The average molecular weight is 446 g/mol. The summed E-state index contributed by atoms with van der Waals surface area (Å²) in [6.07, 6.45) is -6.23. The molecule has 1 aromatic carbocycles. The Morgan fingerprint density at radius 2 is 1.74 bits per heavy atom. The molecule has 1 amide bonds. The highest BCUT2D eigenvalue weighted by Crippen LogP contribution is 2.34. The van der Waals surface area contributed by atoms with Crippen molar-refractivity contribution in [2.45, 2.75) is 25.5 Å². The summed E-state index contributed by atoms with van der Waals surface area (Å²) in [5.74, 6) is -2.01. The Morgan fingerprint density at radius 3 is 2.35 bits per heavy atom. The minimum atomic E-state index is -5.24. The number of nitrogens with one attached hydrogen (secondary N) is 1. The van der Waals surface area contributed by atoms with Crippen molar-refractivity contribution >= 4 is 5.91 Å². The third-order valence-corrected chi connectivity index (χ3v) is 3.78. The number of hydrogen-bond acceptors (Lipinski definition) is 6. The number of rotatable bonds is 5. The molecular formula is C17H12F6N6O2. The second-order valence-corrected chi connectivity index (χ2v) is 6.07. The first-order valence-electron chi connectivity index (χ1n) is 8.40. The van der Waals surface area contributed by atoms with Crippen molar-refractivity contribution < 1.29 is 35.9 Å².